The number of pyridine rings is 1. The molecule has 0 aliphatic carbocycles. The van der Waals surface area contributed by atoms with Gasteiger partial charge in [0.2, 0.25) is 0 Å². The highest BCUT2D eigenvalue weighted by atomic mass is 19.4. The summed E-state index contributed by atoms with van der Waals surface area (Å²) in [5.74, 6) is -3.50. The van der Waals surface area contributed by atoms with Gasteiger partial charge in [0.1, 0.15) is 17.3 Å². The second-order valence-electron chi connectivity index (χ2n) is 5.49. The van der Waals surface area contributed by atoms with Gasteiger partial charge in [-0.1, -0.05) is 13.8 Å². The summed E-state index contributed by atoms with van der Waals surface area (Å²) in [6.07, 6.45) is -4.30. The van der Waals surface area contributed by atoms with Crippen molar-refractivity contribution in [3.8, 4) is 11.1 Å². The molecule has 0 aliphatic heterocycles. The second-order valence-corrected chi connectivity index (χ2v) is 5.49. The van der Waals surface area contributed by atoms with Crippen molar-refractivity contribution in [2.75, 3.05) is 0 Å². The number of benzene rings is 1. The maximum Gasteiger partial charge on any atom is 0.417 e. The smallest absolute Gasteiger partial charge is 0.364 e. The molecule has 1 aromatic carbocycles. The van der Waals surface area contributed by atoms with Crippen molar-refractivity contribution in [3.05, 3.63) is 52.9 Å². The summed E-state index contributed by atoms with van der Waals surface area (Å²) in [5.41, 5.74) is 2.82. The lowest BCUT2D eigenvalue weighted by atomic mass is 9.90. The molecule has 2 rings (SSSR count). The highest BCUT2D eigenvalue weighted by molar-refractivity contribution is 5.98. The number of primary amides is 1. The molecule has 1 heterocycles. The van der Waals surface area contributed by atoms with Crippen molar-refractivity contribution in [1.29, 1.82) is 0 Å². The Morgan fingerprint density at radius 3 is 2.29 bits per heavy atom. The van der Waals surface area contributed by atoms with E-state index in [2.05, 4.69) is 4.98 Å². The van der Waals surface area contributed by atoms with Crippen LogP contribution in [0.5, 0.6) is 0 Å². The van der Waals surface area contributed by atoms with E-state index in [1.807, 2.05) is 0 Å². The first-order valence-electron chi connectivity index (χ1n) is 6.88. The van der Waals surface area contributed by atoms with Gasteiger partial charge in [-0.15, -0.1) is 0 Å². The van der Waals surface area contributed by atoms with Crippen LogP contribution < -0.4 is 5.73 Å². The third kappa shape index (κ3) is 3.37. The summed E-state index contributed by atoms with van der Waals surface area (Å²) in [5, 5.41) is 0. The van der Waals surface area contributed by atoms with Crippen molar-refractivity contribution in [3.63, 3.8) is 0 Å². The third-order valence-corrected chi connectivity index (χ3v) is 3.43. The van der Waals surface area contributed by atoms with E-state index in [1.165, 1.54) is 0 Å². The molecular formula is C16H13F5N2O. The van der Waals surface area contributed by atoms with E-state index in [-0.39, 0.29) is 11.1 Å². The molecule has 0 saturated heterocycles. The summed E-state index contributed by atoms with van der Waals surface area (Å²) >= 11 is 0. The van der Waals surface area contributed by atoms with Gasteiger partial charge < -0.3 is 5.73 Å². The predicted octanol–water partition coefficient (Wildman–Crippen LogP) is 4.27. The van der Waals surface area contributed by atoms with Crippen molar-refractivity contribution in [1.82, 2.24) is 4.98 Å². The van der Waals surface area contributed by atoms with Crippen LogP contribution in [0.1, 0.15) is 41.4 Å². The van der Waals surface area contributed by atoms with Gasteiger partial charge in [0.15, 0.2) is 0 Å². The number of hydrogen-bond acceptors (Lipinski definition) is 2. The van der Waals surface area contributed by atoms with E-state index in [9.17, 15) is 26.7 Å². The molecule has 0 spiro atoms. The quantitative estimate of drug-likeness (QED) is 0.846. The van der Waals surface area contributed by atoms with E-state index in [4.69, 9.17) is 5.73 Å². The summed E-state index contributed by atoms with van der Waals surface area (Å²) in [6, 6.07) is 2.13. The van der Waals surface area contributed by atoms with Gasteiger partial charge in [0.05, 0.1) is 5.56 Å². The minimum Gasteiger partial charge on any atom is -0.364 e. The fourth-order valence-electron chi connectivity index (χ4n) is 2.34. The Kier molecular flexibility index (Phi) is 4.59. The molecule has 0 radical (unpaired) electrons. The number of aromatic nitrogens is 1. The van der Waals surface area contributed by atoms with E-state index in [0.29, 0.717) is 18.3 Å². The summed E-state index contributed by atoms with van der Waals surface area (Å²) in [4.78, 5) is 14.9. The van der Waals surface area contributed by atoms with Crippen LogP contribution in [0.4, 0.5) is 22.0 Å². The number of rotatable bonds is 3. The predicted molar refractivity (Wildman–Crippen MR) is 77.2 cm³/mol. The molecule has 128 valence electrons. The average Bonchev–Trinajstić information content (AvgIpc) is 2.44. The van der Waals surface area contributed by atoms with Crippen LogP contribution >= 0.6 is 0 Å². The lowest BCUT2D eigenvalue weighted by molar-refractivity contribution is -0.137. The Bertz CT molecular complexity index is 800. The molecule has 2 N–H and O–H groups in total. The van der Waals surface area contributed by atoms with Crippen LogP contribution in [0.25, 0.3) is 11.1 Å². The Morgan fingerprint density at radius 1 is 1.17 bits per heavy atom. The lowest BCUT2D eigenvalue weighted by Gasteiger charge is -2.17. The largest absolute Gasteiger partial charge is 0.417 e. The zero-order chi connectivity index (χ0) is 18.2. The number of hydrogen-bond donors (Lipinski definition) is 1. The fraction of sp³-hybridized carbons (Fsp3) is 0.250. The first-order valence-corrected chi connectivity index (χ1v) is 6.88. The first-order chi connectivity index (χ1) is 11.0. The molecule has 3 nitrogen and oxygen atoms in total. The normalized spacial score (nSPS) is 11.8. The van der Waals surface area contributed by atoms with Gasteiger partial charge in [-0.05, 0) is 23.6 Å². The van der Waals surface area contributed by atoms with Crippen LogP contribution in [0.2, 0.25) is 0 Å². The number of nitrogens with two attached hydrogens (primary N) is 1. The van der Waals surface area contributed by atoms with Gasteiger partial charge in [0, 0.05) is 23.4 Å². The lowest BCUT2D eigenvalue weighted by Crippen LogP contribution is -2.17. The Hall–Kier alpha value is -2.51. The number of carbonyl (C=O) groups excluding carboxylic acids is 1. The second kappa shape index (κ2) is 6.18. The fourth-order valence-corrected chi connectivity index (χ4v) is 2.34. The van der Waals surface area contributed by atoms with Gasteiger partial charge in [0.25, 0.3) is 5.91 Å². The Labute approximate surface area is 134 Å². The van der Waals surface area contributed by atoms with Crippen molar-refractivity contribution >= 4 is 5.91 Å². The number of alkyl halides is 3. The van der Waals surface area contributed by atoms with E-state index < -0.39 is 46.5 Å². The van der Waals surface area contributed by atoms with Crippen molar-refractivity contribution in [2.24, 2.45) is 5.73 Å². The zero-order valence-electron chi connectivity index (χ0n) is 12.7. The van der Waals surface area contributed by atoms with Crippen LogP contribution in [0, 0.1) is 11.6 Å². The summed E-state index contributed by atoms with van der Waals surface area (Å²) < 4.78 is 66.6. The van der Waals surface area contributed by atoms with Crippen molar-refractivity contribution in [2.45, 2.75) is 25.9 Å². The monoisotopic (exact) mass is 344 g/mol. The maximum atomic E-state index is 14.3. The molecule has 2 aromatic rings. The highest BCUT2D eigenvalue weighted by Gasteiger charge is 2.33. The molecule has 0 aliphatic rings. The van der Waals surface area contributed by atoms with E-state index in [1.54, 1.807) is 13.8 Å². The minimum atomic E-state index is -4.74. The van der Waals surface area contributed by atoms with Gasteiger partial charge in [-0.2, -0.15) is 13.2 Å². The molecule has 0 saturated carbocycles. The number of halogens is 5. The third-order valence-electron chi connectivity index (χ3n) is 3.43. The molecular weight excluding hydrogens is 331 g/mol. The van der Waals surface area contributed by atoms with Crippen LogP contribution in [-0.4, -0.2) is 10.9 Å². The maximum absolute atomic E-state index is 14.3. The van der Waals surface area contributed by atoms with Crippen molar-refractivity contribution < 1.29 is 26.7 Å². The molecule has 0 bridgehead atoms. The van der Waals surface area contributed by atoms with Gasteiger partial charge >= 0.3 is 6.18 Å². The minimum absolute atomic E-state index is 0.108. The summed E-state index contributed by atoms with van der Waals surface area (Å²) in [6.45, 7) is 3.23. The molecule has 0 atom stereocenters. The van der Waals surface area contributed by atoms with Crippen LogP contribution in [-0.2, 0) is 6.18 Å². The molecule has 24 heavy (non-hydrogen) atoms. The van der Waals surface area contributed by atoms with Gasteiger partial charge in [-0.3, -0.25) is 4.79 Å². The van der Waals surface area contributed by atoms with Gasteiger partial charge in [-0.25, -0.2) is 13.8 Å². The number of amides is 1. The Morgan fingerprint density at radius 2 is 1.79 bits per heavy atom. The number of nitrogens with zero attached hydrogens (tertiary/aromatic N) is 1. The molecule has 1 aromatic heterocycles. The standard InChI is InChI=1S/C16H13F5N2O/c1-7(2)10-4-9(17)5-12(18)13(10)11-3-8(16(19,20)21)6-23-14(11)15(22)24/h3-7H,1-2H3,(H2,22,24). The average molecular weight is 344 g/mol. The first kappa shape index (κ1) is 17.8. The molecule has 1 amide bonds. The van der Waals surface area contributed by atoms with E-state index in [0.717, 1.165) is 6.07 Å². The van der Waals surface area contributed by atoms with Crippen LogP contribution in [0.15, 0.2) is 24.4 Å². The Balaban J connectivity index is 2.87. The SMILES string of the molecule is CC(C)c1cc(F)cc(F)c1-c1cc(C(F)(F)F)cnc1C(N)=O. The zero-order valence-corrected chi connectivity index (χ0v) is 12.7. The molecule has 0 fully saturated rings. The van der Waals surface area contributed by atoms with E-state index >= 15 is 0 Å². The number of carbonyl (C=O) groups is 1. The van der Waals surface area contributed by atoms with Crippen LogP contribution in [0.3, 0.4) is 0 Å². The molecule has 8 heteroatoms. The topological polar surface area (TPSA) is 56.0 Å². The highest BCUT2D eigenvalue weighted by Crippen LogP contribution is 2.37. The summed E-state index contributed by atoms with van der Waals surface area (Å²) in [7, 11) is 0. The molecule has 0 unspecified atom stereocenters.